The molecule has 0 rings (SSSR count). The van der Waals surface area contributed by atoms with Gasteiger partial charge in [-0.15, -0.1) is 0 Å². The van der Waals surface area contributed by atoms with Crippen molar-refractivity contribution in [3.05, 3.63) is 11.6 Å². The van der Waals surface area contributed by atoms with Gasteiger partial charge < -0.3 is 0 Å². The average Bonchev–Trinajstić information content (AvgIpc) is 2.39. The number of unbranched alkanes of at least 4 members (excludes halogenated alkanes) is 11. The van der Waals surface area contributed by atoms with E-state index < -0.39 is 0 Å². The lowest BCUT2D eigenvalue weighted by Crippen LogP contribution is -1.83. The van der Waals surface area contributed by atoms with Crippen LogP contribution in [0.2, 0.25) is 0 Å². The summed E-state index contributed by atoms with van der Waals surface area (Å²) in [6.07, 6.45) is 20.9. The van der Waals surface area contributed by atoms with Crippen LogP contribution < -0.4 is 0 Å². The molecule has 0 heterocycles. The summed E-state index contributed by atoms with van der Waals surface area (Å²) in [5, 5.41) is 0. The predicted octanol–water partition coefficient (Wildman–Crippen LogP) is 7.04. The van der Waals surface area contributed by atoms with E-state index in [9.17, 15) is 0 Å². The second kappa shape index (κ2) is 14.8. The van der Waals surface area contributed by atoms with Crippen LogP contribution in [0.3, 0.4) is 0 Å². The van der Waals surface area contributed by atoms with Crippen molar-refractivity contribution in [2.24, 2.45) is 0 Å². The van der Waals surface area contributed by atoms with Gasteiger partial charge >= 0.3 is 0 Å². The average molecular weight is 252 g/mol. The minimum absolute atomic E-state index is 1.31. The molecule has 0 N–H and O–H groups in total. The van der Waals surface area contributed by atoms with E-state index in [4.69, 9.17) is 0 Å². The Bertz CT molecular complexity index is 178. The first kappa shape index (κ1) is 17.7. The van der Waals surface area contributed by atoms with Crippen LogP contribution in [0.4, 0.5) is 0 Å². The molecule has 0 unspecified atom stereocenters. The Morgan fingerprint density at radius 3 is 1.44 bits per heavy atom. The lowest BCUT2D eigenvalue weighted by Gasteiger charge is -2.03. The predicted molar refractivity (Wildman–Crippen MR) is 85.1 cm³/mol. The molecule has 0 saturated carbocycles. The van der Waals surface area contributed by atoms with E-state index in [0.717, 1.165) is 0 Å². The molecule has 18 heavy (non-hydrogen) atoms. The van der Waals surface area contributed by atoms with Gasteiger partial charge in [-0.2, -0.15) is 0 Å². The first-order chi connectivity index (χ1) is 8.81. The van der Waals surface area contributed by atoms with Crippen LogP contribution in [0.15, 0.2) is 11.6 Å². The summed E-state index contributed by atoms with van der Waals surface area (Å²) in [6.45, 7) is 6.69. The van der Waals surface area contributed by atoms with Crippen molar-refractivity contribution in [3.63, 3.8) is 0 Å². The summed E-state index contributed by atoms with van der Waals surface area (Å²) in [7, 11) is 0. The van der Waals surface area contributed by atoms with Crippen molar-refractivity contribution in [3.8, 4) is 0 Å². The van der Waals surface area contributed by atoms with E-state index in [0.29, 0.717) is 0 Å². The molecule has 0 aromatic carbocycles. The van der Waals surface area contributed by atoms with Crippen LogP contribution in [0.1, 0.15) is 104 Å². The molecule has 0 spiro atoms. The molecule has 0 nitrogen and oxygen atoms in total. The van der Waals surface area contributed by atoms with Crippen molar-refractivity contribution in [2.45, 2.75) is 104 Å². The van der Waals surface area contributed by atoms with Crippen LogP contribution in [0, 0.1) is 0 Å². The van der Waals surface area contributed by atoms with Gasteiger partial charge in [0.1, 0.15) is 0 Å². The maximum Gasteiger partial charge on any atom is -0.0323 e. The zero-order valence-corrected chi connectivity index (χ0v) is 13.3. The van der Waals surface area contributed by atoms with Crippen molar-refractivity contribution in [1.29, 1.82) is 0 Å². The zero-order valence-electron chi connectivity index (χ0n) is 13.3. The first-order valence-electron chi connectivity index (χ1n) is 8.43. The Balaban J connectivity index is 2.99. The number of hydrogen-bond acceptors (Lipinski definition) is 0. The van der Waals surface area contributed by atoms with Crippen molar-refractivity contribution >= 4 is 0 Å². The molecule has 0 saturated heterocycles. The van der Waals surface area contributed by atoms with E-state index in [1.165, 1.54) is 83.5 Å². The van der Waals surface area contributed by atoms with Gasteiger partial charge in [-0.3, -0.25) is 0 Å². The smallest absolute Gasteiger partial charge is 0.0323 e. The first-order valence-corrected chi connectivity index (χ1v) is 8.43. The molecule has 0 fully saturated rings. The highest BCUT2D eigenvalue weighted by molar-refractivity contribution is 4.94. The van der Waals surface area contributed by atoms with Gasteiger partial charge in [-0.25, -0.2) is 0 Å². The summed E-state index contributed by atoms with van der Waals surface area (Å²) in [5.41, 5.74) is 1.56. The third-order valence-electron chi connectivity index (χ3n) is 3.92. The Labute approximate surface area is 116 Å². The summed E-state index contributed by atoms with van der Waals surface area (Å²) < 4.78 is 0. The van der Waals surface area contributed by atoms with E-state index in [2.05, 4.69) is 26.8 Å². The molecule has 0 aromatic heterocycles. The number of rotatable bonds is 13. The number of allylic oxidation sites excluding steroid dienone is 2. The van der Waals surface area contributed by atoms with Crippen molar-refractivity contribution in [1.82, 2.24) is 0 Å². The molecule has 0 atom stereocenters. The molecule has 0 aliphatic carbocycles. The van der Waals surface area contributed by atoms with Gasteiger partial charge in [0.25, 0.3) is 0 Å². The maximum absolute atomic E-state index is 2.29. The van der Waals surface area contributed by atoms with Crippen LogP contribution in [-0.4, -0.2) is 0 Å². The lowest BCUT2D eigenvalue weighted by atomic mass is 10.0. The molecule has 0 aromatic rings. The summed E-state index contributed by atoms with van der Waals surface area (Å²) in [4.78, 5) is 0. The van der Waals surface area contributed by atoms with Crippen LogP contribution in [0.25, 0.3) is 0 Å². The second-order valence-electron chi connectivity index (χ2n) is 5.77. The summed E-state index contributed by atoms with van der Waals surface area (Å²) >= 11 is 0. The molecular weight excluding hydrogens is 216 g/mol. The Kier molecular flexibility index (Phi) is 14.6. The molecule has 0 aliphatic heterocycles. The Morgan fingerprint density at radius 2 is 1.06 bits per heavy atom. The van der Waals surface area contributed by atoms with Crippen molar-refractivity contribution < 1.29 is 0 Å². The van der Waals surface area contributed by atoms with Gasteiger partial charge in [0, 0.05) is 0 Å². The highest BCUT2D eigenvalue weighted by Crippen LogP contribution is 2.13. The molecule has 0 heteroatoms. The van der Waals surface area contributed by atoms with E-state index >= 15 is 0 Å². The van der Waals surface area contributed by atoms with Crippen LogP contribution >= 0.6 is 0 Å². The highest BCUT2D eigenvalue weighted by atomic mass is 14.0. The fourth-order valence-corrected chi connectivity index (χ4v) is 2.39. The Morgan fingerprint density at radius 1 is 0.667 bits per heavy atom. The van der Waals surface area contributed by atoms with Crippen LogP contribution in [-0.2, 0) is 0 Å². The summed E-state index contributed by atoms with van der Waals surface area (Å²) in [5.74, 6) is 0. The van der Waals surface area contributed by atoms with E-state index in [-0.39, 0.29) is 0 Å². The molecule has 0 amide bonds. The lowest BCUT2D eigenvalue weighted by molar-refractivity contribution is 0.544. The van der Waals surface area contributed by atoms with E-state index in [1.807, 2.05) is 0 Å². The minimum atomic E-state index is 1.31. The molecule has 108 valence electrons. The maximum atomic E-state index is 2.29. The summed E-state index contributed by atoms with van der Waals surface area (Å²) in [6, 6.07) is 0. The van der Waals surface area contributed by atoms with E-state index in [1.54, 1.807) is 5.57 Å². The fourth-order valence-electron chi connectivity index (χ4n) is 2.39. The normalized spacial score (nSPS) is 12.1. The zero-order chi connectivity index (χ0) is 13.5. The monoisotopic (exact) mass is 252 g/mol. The van der Waals surface area contributed by atoms with Gasteiger partial charge in [0.05, 0.1) is 0 Å². The van der Waals surface area contributed by atoms with Gasteiger partial charge in [0.15, 0.2) is 0 Å². The fraction of sp³-hybridized carbons (Fsp3) is 0.889. The quantitative estimate of drug-likeness (QED) is 0.243. The topological polar surface area (TPSA) is 0 Å². The Hall–Kier alpha value is -0.260. The molecular formula is C18H36. The largest absolute Gasteiger partial charge is 0.0887 e. The standard InChI is InChI=1S/C18H36/c1-4-6-7-8-9-10-11-12-13-14-15-16-17-18(3)5-2/h5H,4,6-17H2,1-3H3. The van der Waals surface area contributed by atoms with Crippen molar-refractivity contribution in [2.75, 3.05) is 0 Å². The number of hydrogen-bond donors (Lipinski definition) is 0. The van der Waals surface area contributed by atoms with Gasteiger partial charge in [-0.1, -0.05) is 89.2 Å². The highest BCUT2D eigenvalue weighted by Gasteiger charge is 1.94. The van der Waals surface area contributed by atoms with Gasteiger partial charge in [-0.05, 0) is 26.7 Å². The second-order valence-corrected chi connectivity index (χ2v) is 5.77. The molecule has 0 aliphatic rings. The van der Waals surface area contributed by atoms with Gasteiger partial charge in [0.2, 0.25) is 0 Å². The van der Waals surface area contributed by atoms with Crippen LogP contribution in [0.5, 0.6) is 0 Å². The molecule has 0 bridgehead atoms. The third kappa shape index (κ3) is 13.8. The molecule has 0 radical (unpaired) electrons. The third-order valence-corrected chi connectivity index (χ3v) is 3.92. The minimum Gasteiger partial charge on any atom is -0.0887 e. The SMILES string of the molecule is CC=C(C)CCCCCCCCCCCCCC.